The fourth-order valence-corrected chi connectivity index (χ4v) is 1.63. The molecule has 2 N–H and O–H groups in total. The molecule has 4 nitrogen and oxygen atoms in total. The standard InChI is InChI=1S/C14H21NO3/c1-11(14(16)17)6-8-15-9-7-12-4-3-5-13(10-12)18-2/h3-5,10-11,15H,6-9H2,1-2H3,(H,16,17). The van der Waals surface area contributed by atoms with Crippen LogP contribution in [0.3, 0.4) is 0 Å². The lowest BCUT2D eigenvalue weighted by atomic mass is 10.1. The molecule has 1 aromatic rings. The lowest BCUT2D eigenvalue weighted by molar-refractivity contribution is -0.141. The highest BCUT2D eigenvalue weighted by Gasteiger charge is 2.09. The Balaban J connectivity index is 2.19. The number of rotatable bonds is 8. The van der Waals surface area contributed by atoms with E-state index < -0.39 is 5.97 Å². The van der Waals surface area contributed by atoms with Crippen LogP contribution in [0.4, 0.5) is 0 Å². The molecule has 0 aliphatic heterocycles. The van der Waals surface area contributed by atoms with Gasteiger partial charge in [0.25, 0.3) is 0 Å². The maximum absolute atomic E-state index is 10.6. The molecule has 0 bridgehead atoms. The number of benzene rings is 1. The van der Waals surface area contributed by atoms with E-state index in [-0.39, 0.29) is 5.92 Å². The van der Waals surface area contributed by atoms with Crippen LogP contribution in [-0.2, 0) is 11.2 Å². The van der Waals surface area contributed by atoms with E-state index in [1.54, 1.807) is 14.0 Å². The van der Waals surface area contributed by atoms with Gasteiger partial charge in [0.15, 0.2) is 0 Å². The first-order chi connectivity index (χ1) is 8.63. The van der Waals surface area contributed by atoms with Crippen molar-refractivity contribution in [3.8, 4) is 5.75 Å². The zero-order valence-electron chi connectivity index (χ0n) is 11.0. The Morgan fingerprint density at radius 2 is 2.22 bits per heavy atom. The monoisotopic (exact) mass is 251 g/mol. The van der Waals surface area contributed by atoms with Crippen molar-refractivity contribution in [2.45, 2.75) is 19.8 Å². The third-order valence-electron chi connectivity index (χ3n) is 2.90. The van der Waals surface area contributed by atoms with Crippen LogP contribution < -0.4 is 10.1 Å². The highest BCUT2D eigenvalue weighted by molar-refractivity contribution is 5.69. The largest absolute Gasteiger partial charge is 0.497 e. The molecule has 0 fully saturated rings. The third kappa shape index (κ3) is 5.19. The molecule has 4 heteroatoms. The Morgan fingerprint density at radius 3 is 2.89 bits per heavy atom. The molecule has 0 aromatic heterocycles. The molecule has 0 aliphatic carbocycles. The van der Waals surface area contributed by atoms with E-state index in [0.29, 0.717) is 6.42 Å². The van der Waals surface area contributed by atoms with Crippen LogP contribution in [0.25, 0.3) is 0 Å². The van der Waals surface area contributed by atoms with Crippen molar-refractivity contribution in [1.29, 1.82) is 0 Å². The maximum Gasteiger partial charge on any atom is 0.306 e. The molecular formula is C14H21NO3. The van der Waals surface area contributed by atoms with Crippen molar-refractivity contribution in [2.75, 3.05) is 20.2 Å². The summed E-state index contributed by atoms with van der Waals surface area (Å²) in [7, 11) is 1.66. The smallest absolute Gasteiger partial charge is 0.306 e. The molecule has 1 atom stereocenters. The number of carbonyl (C=O) groups is 1. The van der Waals surface area contributed by atoms with Gasteiger partial charge >= 0.3 is 5.97 Å². The zero-order valence-corrected chi connectivity index (χ0v) is 11.0. The van der Waals surface area contributed by atoms with Gasteiger partial charge in [-0.1, -0.05) is 19.1 Å². The highest BCUT2D eigenvalue weighted by atomic mass is 16.5. The van der Waals surface area contributed by atoms with Crippen molar-refractivity contribution in [1.82, 2.24) is 5.32 Å². The lowest BCUT2D eigenvalue weighted by Crippen LogP contribution is -2.22. The van der Waals surface area contributed by atoms with Gasteiger partial charge in [0.05, 0.1) is 13.0 Å². The molecule has 0 spiro atoms. The molecule has 0 aliphatic rings. The van der Waals surface area contributed by atoms with Gasteiger partial charge < -0.3 is 15.2 Å². The van der Waals surface area contributed by atoms with Gasteiger partial charge in [-0.3, -0.25) is 4.79 Å². The number of carboxylic acids is 1. The lowest BCUT2D eigenvalue weighted by Gasteiger charge is -2.08. The second-order valence-electron chi connectivity index (χ2n) is 4.38. The van der Waals surface area contributed by atoms with Crippen molar-refractivity contribution < 1.29 is 14.6 Å². The number of carboxylic acid groups (broad SMARTS) is 1. The number of methoxy groups -OCH3 is 1. The minimum atomic E-state index is -0.732. The van der Waals surface area contributed by atoms with Crippen LogP contribution in [0, 0.1) is 5.92 Å². The predicted octanol–water partition coefficient (Wildman–Crippen LogP) is 1.94. The molecule has 1 rings (SSSR count). The summed E-state index contributed by atoms with van der Waals surface area (Å²) in [4.78, 5) is 10.6. The molecule has 0 amide bonds. The summed E-state index contributed by atoms with van der Waals surface area (Å²) in [5.41, 5.74) is 1.22. The molecule has 18 heavy (non-hydrogen) atoms. The molecule has 0 heterocycles. The van der Waals surface area contributed by atoms with Crippen LogP contribution in [0.2, 0.25) is 0 Å². The number of hydrogen-bond donors (Lipinski definition) is 2. The second kappa shape index (κ2) is 7.71. The van der Waals surface area contributed by atoms with E-state index in [2.05, 4.69) is 11.4 Å². The summed E-state index contributed by atoms with van der Waals surface area (Å²) in [5, 5.41) is 12.0. The normalized spacial score (nSPS) is 12.1. The van der Waals surface area contributed by atoms with Gasteiger partial charge in [-0.05, 0) is 43.6 Å². The van der Waals surface area contributed by atoms with Crippen molar-refractivity contribution >= 4 is 5.97 Å². The van der Waals surface area contributed by atoms with Gasteiger partial charge in [-0.2, -0.15) is 0 Å². The first-order valence-corrected chi connectivity index (χ1v) is 6.20. The van der Waals surface area contributed by atoms with E-state index in [0.717, 1.165) is 25.3 Å². The van der Waals surface area contributed by atoms with Crippen LogP contribution in [0.1, 0.15) is 18.9 Å². The number of nitrogens with one attached hydrogen (secondary N) is 1. The van der Waals surface area contributed by atoms with E-state index in [9.17, 15) is 4.79 Å². The molecule has 0 radical (unpaired) electrons. The Labute approximate surface area is 108 Å². The van der Waals surface area contributed by atoms with Crippen LogP contribution >= 0.6 is 0 Å². The quantitative estimate of drug-likeness (QED) is 0.693. The Hall–Kier alpha value is -1.55. The van der Waals surface area contributed by atoms with E-state index >= 15 is 0 Å². The zero-order chi connectivity index (χ0) is 13.4. The number of hydrogen-bond acceptors (Lipinski definition) is 3. The third-order valence-corrected chi connectivity index (χ3v) is 2.90. The van der Waals surface area contributed by atoms with Gasteiger partial charge in [0, 0.05) is 0 Å². The minimum absolute atomic E-state index is 0.283. The SMILES string of the molecule is COc1cccc(CCNCCC(C)C(=O)O)c1. The summed E-state index contributed by atoms with van der Waals surface area (Å²) in [5.74, 6) is -0.147. The fraction of sp³-hybridized carbons (Fsp3) is 0.500. The summed E-state index contributed by atoms with van der Waals surface area (Å²) in [6.45, 7) is 3.31. The van der Waals surface area contributed by atoms with Crippen molar-refractivity contribution in [3.05, 3.63) is 29.8 Å². The van der Waals surface area contributed by atoms with Crippen LogP contribution in [-0.4, -0.2) is 31.3 Å². The Kier molecular flexibility index (Phi) is 6.22. The molecular weight excluding hydrogens is 230 g/mol. The molecule has 0 saturated heterocycles. The number of aliphatic carboxylic acids is 1. The van der Waals surface area contributed by atoms with Crippen molar-refractivity contribution in [2.24, 2.45) is 5.92 Å². The fourth-order valence-electron chi connectivity index (χ4n) is 1.63. The molecule has 1 aromatic carbocycles. The van der Waals surface area contributed by atoms with E-state index in [1.807, 2.05) is 18.2 Å². The van der Waals surface area contributed by atoms with E-state index in [4.69, 9.17) is 9.84 Å². The highest BCUT2D eigenvalue weighted by Crippen LogP contribution is 2.12. The molecule has 1 unspecified atom stereocenters. The molecule has 0 saturated carbocycles. The summed E-state index contributed by atoms with van der Waals surface area (Å²) >= 11 is 0. The van der Waals surface area contributed by atoms with Gasteiger partial charge in [0.1, 0.15) is 5.75 Å². The summed E-state index contributed by atoms with van der Waals surface area (Å²) in [6, 6.07) is 7.97. The summed E-state index contributed by atoms with van der Waals surface area (Å²) < 4.78 is 5.15. The Bertz CT molecular complexity index is 379. The van der Waals surface area contributed by atoms with Crippen molar-refractivity contribution in [3.63, 3.8) is 0 Å². The van der Waals surface area contributed by atoms with E-state index in [1.165, 1.54) is 5.56 Å². The average Bonchev–Trinajstić information content (AvgIpc) is 2.38. The topological polar surface area (TPSA) is 58.6 Å². The second-order valence-corrected chi connectivity index (χ2v) is 4.38. The van der Waals surface area contributed by atoms with Crippen LogP contribution in [0.15, 0.2) is 24.3 Å². The maximum atomic E-state index is 10.6. The van der Waals surface area contributed by atoms with Gasteiger partial charge in [-0.25, -0.2) is 0 Å². The van der Waals surface area contributed by atoms with Gasteiger partial charge in [0.2, 0.25) is 0 Å². The first-order valence-electron chi connectivity index (χ1n) is 6.20. The summed E-state index contributed by atoms with van der Waals surface area (Å²) in [6.07, 6.45) is 1.58. The predicted molar refractivity (Wildman–Crippen MR) is 71.0 cm³/mol. The molecule has 100 valence electrons. The van der Waals surface area contributed by atoms with Crippen LogP contribution in [0.5, 0.6) is 5.75 Å². The minimum Gasteiger partial charge on any atom is -0.497 e. The average molecular weight is 251 g/mol. The Morgan fingerprint density at radius 1 is 1.44 bits per heavy atom. The number of ether oxygens (including phenoxy) is 1. The first kappa shape index (κ1) is 14.5. The van der Waals surface area contributed by atoms with Gasteiger partial charge in [-0.15, -0.1) is 0 Å².